The van der Waals surface area contributed by atoms with Gasteiger partial charge in [0.1, 0.15) is 0 Å². The highest BCUT2D eigenvalue weighted by Gasteiger charge is 2.24. The number of nitrogens with zero attached hydrogens (tertiary/aromatic N) is 1. The second kappa shape index (κ2) is 5.88. The molecular formula is C11H19NO3. The van der Waals surface area contributed by atoms with E-state index in [2.05, 4.69) is 11.8 Å². The minimum Gasteiger partial charge on any atom is -0.478 e. The van der Waals surface area contributed by atoms with Crippen LogP contribution in [0.15, 0.2) is 12.2 Å². The predicted octanol–water partition coefficient (Wildman–Crippen LogP) is 0.984. The standard InChI is InChI=1S/C11H19NO3/c1-9-5-7-12(8-10(9)15-2)6-3-4-11(13)14/h3-4,9-10H,5-8H2,1-2H3,(H,13,14). The van der Waals surface area contributed by atoms with Crippen LogP contribution < -0.4 is 0 Å². The lowest BCUT2D eigenvalue weighted by molar-refractivity contribution is -0.131. The van der Waals surface area contributed by atoms with Gasteiger partial charge in [0.25, 0.3) is 0 Å². The molecule has 4 nitrogen and oxygen atoms in total. The molecule has 0 aromatic rings. The number of ether oxygens (including phenoxy) is 1. The Balaban J connectivity index is 2.35. The second-order valence-corrected chi connectivity index (χ2v) is 4.04. The summed E-state index contributed by atoms with van der Waals surface area (Å²) in [5.41, 5.74) is 0. The smallest absolute Gasteiger partial charge is 0.328 e. The summed E-state index contributed by atoms with van der Waals surface area (Å²) in [6.07, 6.45) is 4.27. The molecule has 1 aliphatic heterocycles. The summed E-state index contributed by atoms with van der Waals surface area (Å²) < 4.78 is 5.38. The second-order valence-electron chi connectivity index (χ2n) is 4.04. The van der Waals surface area contributed by atoms with Gasteiger partial charge in [0.15, 0.2) is 0 Å². The zero-order valence-electron chi connectivity index (χ0n) is 9.35. The van der Waals surface area contributed by atoms with Crippen molar-refractivity contribution in [3.8, 4) is 0 Å². The third kappa shape index (κ3) is 4.01. The van der Waals surface area contributed by atoms with Crippen LogP contribution in [0.4, 0.5) is 0 Å². The number of likely N-dealkylation sites (tertiary alicyclic amines) is 1. The number of carboxylic acids is 1. The molecule has 1 heterocycles. The molecule has 1 fully saturated rings. The van der Waals surface area contributed by atoms with Gasteiger partial charge in [0, 0.05) is 26.3 Å². The van der Waals surface area contributed by atoms with Crippen LogP contribution in [-0.2, 0) is 9.53 Å². The van der Waals surface area contributed by atoms with E-state index in [4.69, 9.17) is 9.84 Å². The van der Waals surface area contributed by atoms with E-state index in [0.29, 0.717) is 12.5 Å². The van der Waals surface area contributed by atoms with E-state index >= 15 is 0 Å². The number of piperidine rings is 1. The van der Waals surface area contributed by atoms with Crippen molar-refractivity contribution >= 4 is 5.97 Å². The Morgan fingerprint density at radius 3 is 3.00 bits per heavy atom. The van der Waals surface area contributed by atoms with E-state index in [1.54, 1.807) is 13.2 Å². The van der Waals surface area contributed by atoms with E-state index in [9.17, 15) is 4.79 Å². The Kier molecular flexibility index (Phi) is 4.78. The summed E-state index contributed by atoms with van der Waals surface area (Å²) in [4.78, 5) is 12.5. The number of aliphatic carboxylic acids is 1. The summed E-state index contributed by atoms with van der Waals surface area (Å²) in [6.45, 7) is 4.80. The van der Waals surface area contributed by atoms with Crippen molar-refractivity contribution in [2.45, 2.75) is 19.4 Å². The average Bonchev–Trinajstić information content (AvgIpc) is 2.20. The Bertz CT molecular complexity index is 240. The van der Waals surface area contributed by atoms with Crippen LogP contribution in [0.25, 0.3) is 0 Å². The number of hydrogen-bond donors (Lipinski definition) is 1. The molecule has 2 atom stereocenters. The van der Waals surface area contributed by atoms with Crippen molar-refractivity contribution in [2.75, 3.05) is 26.7 Å². The molecule has 0 saturated carbocycles. The largest absolute Gasteiger partial charge is 0.478 e. The molecule has 0 aliphatic carbocycles. The average molecular weight is 213 g/mol. The highest BCUT2D eigenvalue weighted by molar-refractivity contribution is 5.79. The number of hydrogen-bond acceptors (Lipinski definition) is 3. The minimum absolute atomic E-state index is 0.275. The van der Waals surface area contributed by atoms with Crippen LogP contribution >= 0.6 is 0 Å². The van der Waals surface area contributed by atoms with Gasteiger partial charge >= 0.3 is 5.97 Å². The highest BCUT2D eigenvalue weighted by Crippen LogP contribution is 2.18. The first-order valence-electron chi connectivity index (χ1n) is 5.28. The first kappa shape index (κ1) is 12.2. The normalized spacial score (nSPS) is 28.4. The summed E-state index contributed by atoms with van der Waals surface area (Å²) in [7, 11) is 1.73. The van der Waals surface area contributed by atoms with E-state index in [-0.39, 0.29) is 6.10 Å². The van der Waals surface area contributed by atoms with Crippen LogP contribution in [0.2, 0.25) is 0 Å². The fourth-order valence-electron chi connectivity index (χ4n) is 1.87. The predicted molar refractivity (Wildman–Crippen MR) is 57.8 cm³/mol. The fraction of sp³-hybridized carbons (Fsp3) is 0.727. The van der Waals surface area contributed by atoms with E-state index in [1.165, 1.54) is 6.08 Å². The third-order valence-corrected chi connectivity index (χ3v) is 2.90. The van der Waals surface area contributed by atoms with Gasteiger partial charge in [-0.15, -0.1) is 0 Å². The van der Waals surface area contributed by atoms with E-state index in [1.807, 2.05) is 0 Å². The molecule has 0 aromatic heterocycles. The van der Waals surface area contributed by atoms with E-state index in [0.717, 1.165) is 19.5 Å². The number of methoxy groups -OCH3 is 1. The van der Waals surface area contributed by atoms with E-state index < -0.39 is 5.97 Å². The Hall–Kier alpha value is -0.870. The monoisotopic (exact) mass is 213 g/mol. The molecule has 1 aliphatic rings. The molecule has 15 heavy (non-hydrogen) atoms. The molecule has 1 saturated heterocycles. The van der Waals surface area contributed by atoms with Gasteiger partial charge in [-0.3, -0.25) is 4.90 Å². The first-order valence-corrected chi connectivity index (χ1v) is 5.28. The van der Waals surface area contributed by atoms with Crippen LogP contribution in [0, 0.1) is 5.92 Å². The van der Waals surface area contributed by atoms with Gasteiger partial charge in [-0.25, -0.2) is 4.79 Å². The topological polar surface area (TPSA) is 49.8 Å². The Morgan fingerprint density at radius 1 is 1.67 bits per heavy atom. The maximum atomic E-state index is 10.3. The molecule has 4 heteroatoms. The first-order chi connectivity index (χ1) is 7.13. The van der Waals surface area contributed by atoms with Gasteiger partial charge in [-0.05, 0) is 18.9 Å². The molecule has 0 amide bonds. The van der Waals surface area contributed by atoms with Crippen LogP contribution in [0.1, 0.15) is 13.3 Å². The summed E-state index contributed by atoms with van der Waals surface area (Å²) in [6, 6.07) is 0. The molecule has 0 spiro atoms. The third-order valence-electron chi connectivity index (χ3n) is 2.90. The molecule has 0 aromatic carbocycles. The summed E-state index contributed by atoms with van der Waals surface area (Å²) >= 11 is 0. The zero-order chi connectivity index (χ0) is 11.3. The molecule has 86 valence electrons. The van der Waals surface area contributed by atoms with Gasteiger partial charge in [-0.2, -0.15) is 0 Å². The Labute approximate surface area is 90.5 Å². The van der Waals surface area contributed by atoms with Gasteiger partial charge < -0.3 is 9.84 Å². The zero-order valence-corrected chi connectivity index (χ0v) is 9.35. The molecular weight excluding hydrogens is 194 g/mol. The van der Waals surface area contributed by atoms with Gasteiger partial charge in [0.05, 0.1) is 6.10 Å². The fourth-order valence-corrected chi connectivity index (χ4v) is 1.87. The maximum absolute atomic E-state index is 10.3. The Morgan fingerprint density at radius 2 is 2.40 bits per heavy atom. The molecule has 2 unspecified atom stereocenters. The lowest BCUT2D eigenvalue weighted by atomic mass is 9.96. The number of carbonyl (C=O) groups is 1. The van der Waals surface area contributed by atoms with Crippen molar-refractivity contribution in [2.24, 2.45) is 5.92 Å². The highest BCUT2D eigenvalue weighted by atomic mass is 16.5. The molecule has 0 bridgehead atoms. The van der Waals surface area contributed by atoms with Crippen molar-refractivity contribution in [1.82, 2.24) is 4.90 Å². The minimum atomic E-state index is -0.885. The SMILES string of the molecule is COC1CN(CC=CC(=O)O)CCC1C. The number of carboxylic acid groups (broad SMARTS) is 1. The summed E-state index contributed by atoms with van der Waals surface area (Å²) in [5, 5.41) is 8.45. The van der Waals surface area contributed by atoms with Crippen molar-refractivity contribution in [1.29, 1.82) is 0 Å². The molecule has 0 radical (unpaired) electrons. The van der Waals surface area contributed by atoms with Crippen molar-refractivity contribution in [3.63, 3.8) is 0 Å². The lowest BCUT2D eigenvalue weighted by Crippen LogP contribution is -2.43. The van der Waals surface area contributed by atoms with Crippen LogP contribution in [0.3, 0.4) is 0 Å². The lowest BCUT2D eigenvalue weighted by Gasteiger charge is -2.35. The summed E-state index contributed by atoms with van der Waals surface area (Å²) in [5.74, 6) is -0.293. The van der Waals surface area contributed by atoms with Crippen molar-refractivity contribution in [3.05, 3.63) is 12.2 Å². The molecule has 1 N–H and O–H groups in total. The van der Waals surface area contributed by atoms with Crippen molar-refractivity contribution < 1.29 is 14.6 Å². The van der Waals surface area contributed by atoms with Gasteiger partial charge in [-0.1, -0.05) is 13.0 Å². The molecule has 1 rings (SSSR count). The quantitative estimate of drug-likeness (QED) is 0.707. The van der Waals surface area contributed by atoms with Crippen LogP contribution in [0.5, 0.6) is 0 Å². The van der Waals surface area contributed by atoms with Crippen LogP contribution in [-0.4, -0.2) is 48.8 Å². The van der Waals surface area contributed by atoms with Gasteiger partial charge in [0.2, 0.25) is 0 Å². The maximum Gasteiger partial charge on any atom is 0.328 e. The number of rotatable bonds is 4.